The van der Waals surface area contributed by atoms with Crippen LogP contribution in [0.5, 0.6) is 0 Å². The van der Waals surface area contributed by atoms with Gasteiger partial charge < -0.3 is 5.32 Å². The van der Waals surface area contributed by atoms with Gasteiger partial charge in [-0.2, -0.15) is 0 Å². The van der Waals surface area contributed by atoms with Crippen LogP contribution < -0.4 is 5.32 Å². The maximum atomic E-state index is 12.5. The third-order valence-corrected chi connectivity index (χ3v) is 1.61. The zero-order valence-corrected chi connectivity index (χ0v) is 8.30. The summed E-state index contributed by atoms with van der Waals surface area (Å²) in [5.41, 5.74) is 0.770. The van der Waals surface area contributed by atoms with Crippen molar-refractivity contribution in [3.63, 3.8) is 0 Å². The first-order valence-electron chi connectivity index (χ1n) is 2.86. The first kappa shape index (κ1) is 10.7. The summed E-state index contributed by atoms with van der Waals surface area (Å²) in [5.74, 6) is -0.237. The molecule has 1 nitrogen and oxygen atoms in total. The lowest BCUT2D eigenvalue weighted by Gasteiger charge is -1.99. The molecule has 1 rings (SSSR count). The monoisotopic (exact) mass is 239 g/mol. The molecular weight excluding hydrogens is 232 g/mol. The second kappa shape index (κ2) is 4.57. The molecule has 1 N–H and O–H groups in total. The van der Waals surface area contributed by atoms with Crippen LogP contribution >= 0.6 is 28.3 Å². The topological polar surface area (TPSA) is 12.0 Å². The molecule has 4 heteroatoms. The summed E-state index contributed by atoms with van der Waals surface area (Å²) in [4.78, 5) is 0. The third-order valence-electron chi connectivity index (χ3n) is 1.15. The molecule has 0 saturated heterocycles. The first-order chi connectivity index (χ1) is 4.72. The van der Waals surface area contributed by atoms with Crippen LogP contribution in [0.25, 0.3) is 0 Å². The zero-order valence-electron chi connectivity index (χ0n) is 5.90. The molecule has 0 radical (unpaired) electrons. The molecule has 0 spiro atoms. The zero-order chi connectivity index (χ0) is 7.56. The molecule has 0 amide bonds. The normalized spacial score (nSPS) is 8.64. The van der Waals surface area contributed by atoms with Gasteiger partial charge in [0.1, 0.15) is 5.82 Å². The molecule has 0 fully saturated rings. The van der Waals surface area contributed by atoms with Gasteiger partial charge in [0, 0.05) is 17.2 Å². The number of nitrogens with one attached hydrogen (secondary N) is 1. The smallest absolute Gasteiger partial charge is 0.126 e. The Balaban J connectivity index is 0.000001000. The quantitative estimate of drug-likeness (QED) is 0.795. The summed E-state index contributed by atoms with van der Waals surface area (Å²) in [6, 6.07) is 4.66. The molecule has 0 aliphatic heterocycles. The largest absolute Gasteiger partial charge is 0.388 e. The molecule has 0 atom stereocenters. The highest BCUT2D eigenvalue weighted by atomic mass is 79.9. The average Bonchev–Trinajstić information content (AvgIpc) is 1.85. The molecule has 0 unspecified atom stereocenters. The van der Waals surface area contributed by atoms with Gasteiger partial charge in [0.05, 0.1) is 0 Å². The van der Waals surface area contributed by atoms with Crippen molar-refractivity contribution >= 4 is 34.0 Å². The van der Waals surface area contributed by atoms with Crippen molar-refractivity contribution in [2.24, 2.45) is 0 Å². The van der Waals surface area contributed by atoms with E-state index in [0.29, 0.717) is 0 Å². The number of anilines is 1. The highest BCUT2D eigenvalue weighted by Gasteiger charge is 1.94. The maximum Gasteiger partial charge on any atom is 0.126 e. The van der Waals surface area contributed by atoms with Gasteiger partial charge in [-0.15, -0.1) is 12.4 Å². The van der Waals surface area contributed by atoms with Crippen LogP contribution in [-0.4, -0.2) is 7.05 Å². The lowest BCUT2D eigenvalue weighted by Crippen LogP contribution is -1.88. The fourth-order valence-corrected chi connectivity index (χ4v) is 1.16. The van der Waals surface area contributed by atoms with E-state index in [2.05, 4.69) is 21.2 Å². The van der Waals surface area contributed by atoms with E-state index in [1.54, 1.807) is 7.05 Å². The van der Waals surface area contributed by atoms with Crippen molar-refractivity contribution < 1.29 is 4.39 Å². The van der Waals surface area contributed by atoms with Gasteiger partial charge in [0.2, 0.25) is 0 Å². The van der Waals surface area contributed by atoms with Crippen molar-refractivity contribution in [1.29, 1.82) is 0 Å². The predicted octanol–water partition coefficient (Wildman–Crippen LogP) is 3.05. The summed E-state index contributed by atoms with van der Waals surface area (Å²) in [6.45, 7) is 0. The summed E-state index contributed by atoms with van der Waals surface area (Å²) in [6.07, 6.45) is 0. The molecule has 0 bridgehead atoms. The predicted molar refractivity (Wildman–Crippen MR) is 50.9 cm³/mol. The minimum Gasteiger partial charge on any atom is -0.388 e. The van der Waals surface area contributed by atoms with Crippen LogP contribution in [0.3, 0.4) is 0 Å². The maximum absolute atomic E-state index is 12.5. The van der Waals surface area contributed by atoms with Gasteiger partial charge >= 0.3 is 0 Å². The van der Waals surface area contributed by atoms with Crippen molar-refractivity contribution in [3.8, 4) is 0 Å². The fourth-order valence-electron chi connectivity index (χ4n) is 0.698. The SMILES string of the molecule is CNc1cc(F)cc(Br)c1.Cl. The van der Waals surface area contributed by atoms with Crippen LogP contribution in [0.15, 0.2) is 22.7 Å². The number of benzene rings is 1. The minimum absolute atomic E-state index is 0. The second-order valence-corrected chi connectivity index (χ2v) is 2.82. The van der Waals surface area contributed by atoms with Gasteiger partial charge in [0.25, 0.3) is 0 Å². The lowest BCUT2D eigenvalue weighted by atomic mass is 10.3. The summed E-state index contributed by atoms with van der Waals surface area (Å²) in [5, 5.41) is 2.84. The van der Waals surface area contributed by atoms with E-state index in [0.717, 1.165) is 10.2 Å². The Morgan fingerprint density at radius 3 is 2.45 bits per heavy atom. The average molecular weight is 241 g/mol. The van der Waals surface area contributed by atoms with Crippen LogP contribution in [0, 0.1) is 5.82 Å². The second-order valence-electron chi connectivity index (χ2n) is 1.91. The van der Waals surface area contributed by atoms with Gasteiger partial charge in [-0.25, -0.2) is 4.39 Å². The van der Waals surface area contributed by atoms with Gasteiger partial charge in [-0.1, -0.05) is 15.9 Å². The molecule has 0 heterocycles. The van der Waals surface area contributed by atoms with Gasteiger partial charge in [-0.05, 0) is 18.2 Å². The molecule has 0 aromatic heterocycles. The van der Waals surface area contributed by atoms with Crippen LogP contribution in [0.1, 0.15) is 0 Å². The van der Waals surface area contributed by atoms with Crippen molar-refractivity contribution in [1.82, 2.24) is 0 Å². The van der Waals surface area contributed by atoms with E-state index in [-0.39, 0.29) is 18.2 Å². The molecule has 0 aliphatic rings. The number of hydrogen-bond acceptors (Lipinski definition) is 1. The number of hydrogen-bond donors (Lipinski definition) is 1. The summed E-state index contributed by atoms with van der Waals surface area (Å²) < 4.78 is 13.3. The number of halogens is 3. The van der Waals surface area contributed by atoms with E-state index in [1.807, 2.05) is 6.07 Å². The molecule has 11 heavy (non-hydrogen) atoms. The lowest BCUT2D eigenvalue weighted by molar-refractivity contribution is 0.627. The Kier molecular flexibility index (Phi) is 4.45. The van der Waals surface area contributed by atoms with Crippen LogP contribution in [0.4, 0.5) is 10.1 Å². The minimum atomic E-state index is -0.237. The Morgan fingerprint density at radius 1 is 1.36 bits per heavy atom. The van der Waals surface area contributed by atoms with Crippen molar-refractivity contribution in [3.05, 3.63) is 28.5 Å². The number of rotatable bonds is 1. The van der Waals surface area contributed by atoms with E-state index < -0.39 is 0 Å². The van der Waals surface area contributed by atoms with E-state index in [9.17, 15) is 4.39 Å². The van der Waals surface area contributed by atoms with Crippen LogP contribution in [0.2, 0.25) is 0 Å². The van der Waals surface area contributed by atoms with Crippen molar-refractivity contribution in [2.45, 2.75) is 0 Å². The Morgan fingerprint density at radius 2 is 2.00 bits per heavy atom. The molecule has 1 aromatic rings. The van der Waals surface area contributed by atoms with Gasteiger partial charge in [-0.3, -0.25) is 0 Å². The Bertz CT molecular complexity index is 222. The van der Waals surface area contributed by atoms with Crippen LogP contribution in [-0.2, 0) is 0 Å². The van der Waals surface area contributed by atoms with E-state index in [1.165, 1.54) is 12.1 Å². The highest BCUT2D eigenvalue weighted by Crippen LogP contribution is 2.17. The van der Waals surface area contributed by atoms with Gasteiger partial charge in [0.15, 0.2) is 0 Å². The first-order valence-corrected chi connectivity index (χ1v) is 3.65. The highest BCUT2D eigenvalue weighted by molar-refractivity contribution is 9.10. The van der Waals surface area contributed by atoms with E-state index >= 15 is 0 Å². The summed E-state index contributed by atoms with van der Waals surface area (Å²) in [7, 11) is 1.75. The molecule has 0 aliphatic carbocycles. The molecular formula is C7H8BrClFN. The molecule has 1 aromatic carbocycles. The fraction of sp³-hybridized carbons (Fsp3) is 0.143. The van der Waals surface area contributed by atoms with E-state index in [4.69, 9.17) is 0 Å². The Hall–Kier alpha value is -0.280. The Labute approximate surface area is 79.5 Å². The molecule has 0 saturated carbocycles. The third kappa shape index (κ3) is 3.08. The molecule has 62 valence electrons. The summed E-state index contributed by atoms with van der Waals surface area (Å²) >= 11 is 3.17. The standard InChI is InChI=1S/C7H7BrFN.ClH/c1-10-7-3-5(8)2-6(9)4-7;/h2-4,10H,1H3;1H. The van der Waals surface area contributed by atoms with Crippen molar-refractivity contribution in [2.75, 3.05) is 12.4 Å².